The number of benzene rings is 1. The molecule has 18 heavy (non-hydrogen) atoms. The number of carboxylic acid groups (broad SMARTS) is 1. The van der Waals surface area contributed by atoms with Gasteiger partial charge in [0, 0.05) is 0 Å². The Morgan fingerprint density at radius 1 is 1.28 bits per heavy atom. The molecular formula is C10H7NO6S. The molecule has 0 spiro atoms. The molecule has 2 N–H and O–H groups in total. The van der Waals surface area contributed by atoms with Crippen molar-refractivity contribution in [1.82, 2.24) is 0 Å². The van der Waals surface area contributed by atoms with Gasteiger partial charge in [-0.25, -0.2) is 18.2 Å². The Morgan fingerprint density at radius 3 is 2.50 bits per heavy atom. The van der Waals surface area contributed by atoms with Gasteiger partial charge in [0.2, 0.25) is 0 Å². The molecule has 0 aromatic heterocycles. The third kappa shape index (κ3) is 1.93. The van der Waals surface area contributed by atoms with Crippen LogP contribution in [0.1, 0.15) is 0 Å². The van der Waals surface area contributed by atoms with E-state index >= 15 is 0 Å². The lowest BCUT2D eigenvalue weighted by Crippen LogP contribution is -2.22. The molecule has 0 saturated heterocycles. The average molecular weight is 269 g/mol. The fraction of sp³-hybridized carbons (Fsp3) is 0. The summed E-state index contributed by atoms with van der Waals surface area (Å²) >= 11 is 0. The normalized spacial score (nSPS) is 16.9. The van der Waals surface area contributed by atoms with E-state index in [9.17, 15) is 18.3 Å². The van der Waals surface area contributed by atoms with Gasteiger partial charge in [0.1, 0.15) is 0 Å². The van der Waals surface area contributed by atoms with E-state index in [1.165, 1.54) is 24.3 Å². The second-order valence-electron chi connectivity index (χ2n) is 3.27. The van der Waals surface area contributed by atoms with Crippen LogP contribution in [-0.2, 0) is 14.6 Å². The first-order valence-electron chi connectivity index (χ1n) is 4.65. The smallest absolute Gasteiger partial charge is 0.349 e. The molecule has 1 aliphatic rings. The van der Waals surface area contributed by atoms with Gasteiger partial charge in [-0.15, -0.1) is 0 Å². The summed E-state index contributed by atoms with van der Waals surface area (Å²) in [7, 11) is -4.26. The predicted molar refractivity (Wildman–Crippen MR) is 60.8 cm³/mol. The molecule has 1 aromatic rings. The Morgan fingerprint density at radius 2 is 1.94 bits per heavy atom. The molecule has 94 valence electrons. The Hall–Kier alpha value is -2.35. The number of nitrogens with zero attached hydrogens (tertiary/aromatic N) is 1. The third-order valence-electron chi connectivity index (χ3n) is 2.08. The molecule has 2 rings (SSSR count). The molecule has 1 aromatic carbocycles. The molecule has 0 saturated carbocycles. The van der Waals surface area contributed by atoms with Gasteiger partial charge in [0.15, 0.2) is 16.4 Å². The maximum Gasteiger partial charge on any atom is 0.349 e. The van der Waals surface area contributed by atoms with Crippen molar-refractivity contribution < 1.29 is 28.2 Å². The molecular weight excluding hydrogens is 262 g/mol. The number of aliphatic carboxylic acids is 1. The van der Waals surface area contributed by atoms with E-state index in [0.717, 1.165) is 0 Å². The van der Waals surface area contributed by atoms with Gasteiger partial charge < -0.3 is 14.9 Å². The first-order valence-corrected chi connectivity index (χ1v) is 6.13. The molecule has 7 nitrogen and oxygen atoms in total. The SMILES string of the molecule is O=C(O)C1=CN=C(Oc2ccccc2O)S1(=O)=O. The lowest BCUT2D eigenvalue weighted by atomic mass is 10.3. The van der Waals surface area contributed by atoms with Crippen molar-refractivity contribution >= 4 is 21.0 Å². The second-order valence-corrected chi connectivity index (χ2v) is 5.06. The molecule has 0 aliphatic carbocycles. The van der Waals surface area contributed by atoms with Gasteiger partial charge >= 0.3 is 11.2 Å². The minimum atomic E-state index is -4.26. The van der Waals surface area contributed by atoms with Gasteiger partial charge in [0.25, 0.3) is 9.84 Å². The number of hydrogen-bond acceptors (Lipinski definition) is 6. The number of phenolic OH excluding ortho intramolecular Hbond substituents is 1. The molecule has 0 atom stereocenters. The molecule has 0 fully saturated rings. The monoisotopic (exact) mass is 269 g/mol. The van der Waals surface area contributed by atoms with Crippen LogP contribution in [0.4, 0.5) is 0 Å². The zero-order valence-corrected chi connectivity index (χ0v) is 9.59. The van der Waals surface area contributed by atoms with Crippen LogP contribution in [0.3, 0.4) is 0 Å². The minimum Gasteiger partial charge on any atom is -0.504 e. The number of aromatic hydroxyl groups is 1. The molecule has 0 bridgehead atoms. The van der Waals surface area contributed by atoms with Crippen LogP contribution in [0, 0.1) is 0 Å². The van der Waals surface area contributed by atoms with E-state index in [0.29, 0.717) is 6.20 Å². The molecule has 1 heterocycles. The average Bonchev–Trinajstić information content (AvgIpc) is 2.57. The highest BCUT2D eigenvalue weighted by molar-refractivity contribution is 8.10. The fourth-order valence-electron chi connectivity index (χ4n) is 1.23. The zero-order chi connectivity index (χ0) is 13.3. The number of rotatable bonds is 2. The van der Waals surface area contributed by atoms with E-state index in [1.807, 2.05) is 0 Å². The van der Waals surface area contributed by atoms with Crippen LogP contribution in [0.25, 0.3) is 0 Å². The van der Waals surface area contributed by atoms with Gasteiger partial charge in [-0.2, -0.15) is 0 Å². The number of ether oxygens (including phenoxy) is 1. The van der Waals surface area contributed by atoms with E-state index in [2.05, 4.69) is 4.99 Å². The van der Waals surface area contributed by atoms with Gasteiger partial charge in [-0.3, -0.25) is 0 Å². The van der Waals surface area contributed by atoms with Crippen LogP contribution in [0.15, 0.2) is 40.4 Å². The van der Waals surface area contributed by atoms with E-state index in [-0.39, 0.29) is 11.5 Å². The molecule has 0 unspecified atom stereocenters. The predicted octanol–water partition coefficient (Wildman–Crippen LogP) is 0.481. The lowest BCUT2D eigenvalue weighted by Gasteiger charge is -2.06. The number of para-hydroxylation sites is 2. The van der Waals surface area contributed by atoms with E-state index in [4.69, 9.17) is 9.84 Å². The first kappa shape index (κ1) is 12.1. The number of carboxylic acids is 1. The molecule has 1 aliphatic heterocycles. The summed E-state index contributed by atoms with van der Waals surface area (Å²) in [6.07, 6.45) is 0.687. The van der Waals surface area contributed by atoms with Crippen LogP contribution >= 0.6 is 0 Å². The molecule has 0 amide bonds. The largest absolute Gasteiger partial charge is 0.504 e. The minimum absolute atomic E-state index is 0.125. The number of hydrogen-bond donors (Lipinski definition) is 2. The number of phenols is 1. The molecule has 0 radical (unpaired) electrons. The summed E-state index contributed by atoms with van der Waals surface area (Å²) in [4.78, 5) is 13.2. The first-order chi connectivity index (χ1) is 8.43. The Balaban J connectivity index is 2.30. The highest BCUT2D eigenvalue weighted by Crippen LogP contribution is 2.27. The maximum absolute atomic E-state index is 11.7. The van der Waals surface area contributed by atoms with Crippen molar-refractivity contribution in [3.05, 3.63) is 35.4 Å². The van der Waals surface area contributed by atoms with Crippen molar-refractivity contribution in [3.63, 3.8) is 0 Å². The Labute approximate surface area is 102 Å². The Bertz CT molecular complexity index is 673. The number of aliphatic imine (C=N–C) groups is 1. The van der Waals surface area contributed by atoms with Gasteiger partial charge in [0.05, 0.1) is 6.20 Å². The second kappa shape index (κ2) is 4.15. The van der Waals surface area contributed by atoms with Gasteiger partial charge in [-0.05, 0) is 12.1 Å². The zero-order valence-electron chi connectivity index (χ0n) is 8.77. The summed E-state index contributed by atoms with van der Waals surface area (Å²) < 4.78 is 28.2. The van der Waals surface area contributed by atoms with Crippen LogP contribution in [-0.4, -0.2) is 29.8 Å². The van der Waals surface area contributed by atoms with Crippen LogP contribution in [0.2, 0.25) is 0 Å². The highest BCUT2D eigenvalue weighted by Gasteiger charge is 2.37. The highest BCUT2D eigenvalue weighted by atomic mass is 32.2. The quantitative estimate of drug-likeness (QED) is 0.807. The topological polar surface area (TPSA) is 113 Å². The summed E-state index contributed by atoms with van der Waals surface area (Å²) in [5, 5.41) is 17.3. The van der Waals surface area contributed by atoms with Crippen molar-refractivity contribution in [2.45, 2.75) is 0 Å². The summed E-state index contributed by atoms with van der Waals surface area (Å²) in [6, 6.07) is 5.66. The number of carbonyl (C=O) groups is 1. The van der Waals surface area contributed by atoms with E-state index in [1.54, 1.807) is 0 Å². The van der Waals surface area contributed by atoms with Crippen molar-refractivity contribution in [2.24, 2.45) is 4.99 Å². The maximum atomic E-state index is 11.7. The Kier molecular flexibility index (Phi) is 2.79. The molecule has 8 heteroatoms. The van der Waals surface area contributed by atoms with Gasteiger partial charge in [-0.1, -0.05) is 12.1 Å². The summed E-state index contributed by atoms with van der Waals surface area (Å²) in [5.41, 5.74) is 0. The third-order valence-corrected chi connectivity index (χ3v) is 3.59. The summed E-state index contributed by atoms with van der Waals surface area (Å²) in [6.45, 7) is 0. The van der Waals surface area contributed by atoms with Crippen LogP contribution in [0.5, 0.6) is 11.5 Å². The summed E-state index contributed by atoms with van der Waals surface area (Å²) in [5.74, 6) is -2.02. The van der Waals surface area contributed by atoms with Crippen LogP contribution < -0.4 is 4.74 Å². The standard InChI is InChI=1S/C10H7NO6S/c12-6-3-1-2-4-7(6)17-10-11-5-8(9(13)14)18(10,15)16/h1-5,12H,(H,13,14). The number of sulfone groups is 1. The van der Waals surface area contributed by atoms with Crippen molar-refractivity contribution in [2.75, 3.05) is 0 Å². The lowest BCUT2D eigenvalue weighted by molar-refractivity contribution is -0.131. The van der Waals surface area contributed by atoms with E-state index < -0.39 is 25.9 Å². The fourth-order valence-corrected chi connectivity index (χ4v) is 2.23. The van der Waals surface area contributed by atoms with Crippen molar-refractivity contribution in [3.8, 4) is 11.5 Å². The van der Waals surface area contributed by atoms with Crippen molar-refractivity contribution in [1.29, 1.82) is 0 Å².